The zero-order valence-electron chi connectivity index (χ0n) is 7.60. The van der Waals surface area contributed by atoms with Crippen LogP contribution in [0.5, 0.6) is 0 Å². The summed E-state index contributed by atoms with van der Waals surface area (Å²) >= 11 is 5.70. The second-order valence-electron chi connectivity index (χ2n) is 3.05. The predicted octanol–water partition coefficient (Wildman–Crippen LogP) is 4.09. The number of rotatable bonds is 1. The Morgan fingerprint density at radius 3 is 2.33 bits per heavy atom. The van der Waals surface area contributed by atoms with Crippen LogP contribution < -0.4 is 0 Å². The first-order chi connectivity index (χ1) is 7.16. The molecule has 3 heteroatoms. The summed E-state index contributed by atoms with van der Waals surface area (Å²) in [6.07, 6.45) is 0. The minimum absolute atomic E-state index is 0.313. The van der Waals surface area contributed by atoms with Gasteiger partial charge in [0, 0.05) is 22.7 Å². The van der Waals surface area contributed by atoms with Gasteiger partial charge in [-0.05, 0) is 23.8 Å². The van der Waals surface area contributed by atoms with Gasteiger partial charge in [-0.25, -0.2) is 8.78 Å². The Kier molecular flexibility index (Phi) is 2.69. The van der Waals surface area contributed by atoms with Crippen LogP contribution in [-0.4, -0.2) is 0 Å². The highest BCUT2D eigenvalue weighted by Gasteiger charge is 2.05. The highest BCUT2D eigenvalue weighted by molar-refractivity contribution is 6.30. The third kappa shape index (κ3) is 2.16. The number of benzene rings is 2. The molecule has 1 radical (unpaired) electrons. The Morgan fingerprint density at radius 1 is 1.07 bits per heavy atom. The molecule has 0 aliphatic heterocycles. The van der Waals surface area contributed by atoms with Crippen molar-refractivity contribution in [3.8, 4) is 11.1 Å². The van der Waals surface area contributed by atoms with Crippen LogP contribution in [0.1, 0.15) is 0 Å². The molecule has 0 aromatic heterocycles. The van der Waals surface area contributed by atoms with Crippen LogP contribution >= 0.6 is 11.6 Å². The van der Waals surface area contributed by atoms with Crippen LogP contribution in [0.15, 0.2) is 36.4 Å². The molecule has 0 saturated heterocycles. The van der Waals surface area contributed by atoms with Gasteiger partial charge in [0.25, 0.3) is 0 Å². The van der Waals surface area contributed by atoms with Gasteiger partial charge in [-0.15, -0.1) is 0 Å². The van der Waals surface area contributed by atoms with Gasteiger partial charge in [-0.3, -0.25) is 0 Å². The Bertz CT molecular complexity index is 477. The summed E-state index contributed by atoms with van der Waals surface area (Å²) in [5.74, 6) is -1.31. The zero-order valence-corrected chi connectivity index (χ0v) is 8.35. The minimum Gasteiger partial charge on any atom is -0.206 e. The van der Waals surface area contributed by atoms with E-state index in [9.17, 15) is 8.78 Å². The van der Waals surface area contributed by atoms with Crippen LogP contribution in [0, 0.1) is 17.7 Å². The van der Waals surface area contributed by atoms with Crippen molar-refractivity contribution in [1.82, 2.24) is 0 Å². The van der Waals surface area contributed by atoms with Crippen molar-refractivity contribution in [2.75, 3.05) is 0 Å². The van der Waals surface area contributed by atoms with E-state index in [1.807, 2.05) is 0 Å². The Morgan fingerprint density at radius 2 is 1.73 bits per heavy atom. The van der Waals surface area contributed by atoms with E-state index in [4.69, 9.17) is 11.6 Å². The van der Waals surface area contributed by atoms with Crippen LogP contribution in [-0.2, 0) is 0 Å². The van der Waals surface area contributed by atoms with Gasteiger partial charge in [0.2, 0.25) is 0 Å². The lowest BCUT2D eigenvalue weighted by atomic mass is 10.1. The van der Waals surface area contributed by atoms with Gasteiger partial charge >= 0.3 is 0 Å². The van der Waals surface area contributed by atoms with E-state index in [-0.39, 0.29) is 0 Å². The topological polar surface area (TPSA) is 0 Å². The number of hydrogen-bond donors (Lipinski definition) is 0. The van der Waals surface area contributed by atoms with E-state index < -0.39 is 11.6 Å². The third-order valence-electron chi connectivity index (χ3n) is 2.02. The molecule has 0 bridgehead atoms. The molecule has 0 heterocycles. The molecule has 0 aliphatic rings. The highest BCUT2D eigenvalue weighted by atomic mass is 35.5. The molecule has 0 amide bonds. The fraction of sp³-hybridized carbons (Fsp3) is 0. The van der Waals surface area contributed by atoms with Gasteiger partial charge in [-0.2, -0.15) is 0 Å². The summed E-state index contributed by atoms with van der Waals surface area (Å²) in [4.78, 5) is 0. The summed E-state index contributed by atoms with van der Waals surface area (Å²) in [5.41, 5.74) is 0.959. The minimum atomic E-state index is -0.704. The molecule has 0 N–H and O–H groups in total. The maximum absolute atomic E-state index is 13.3. The molecule has 75 valence electrons. The SMILES string of the molecule is Fc1[c]cc(-c2ccc(Cl)cc2)c(F)c1. The zero-order chi connectivity index (χ0) is 10.8. The molecule has 0 saturated carbocycles. The van der Waals surface area contributed by atoms with E-state index in [1.165, 1.54) is 6.07 Å². The van der Waals surface area contributed by atoms with E-state index in [2.05, 4.69) is 6.07 Å². The van der Waals surface area contributed by atoms with E-state index >= 15 is 0 Å². The molecule has 2 aromatic rings. The summed E-state index contributed by atoms with van der Waals surface area (Å²) in [7, 11) is 0. The fourth-order valence-corrected chi connectivity index (χ4v) is 1.42. The molecule has 2 rings (SSSR count). The average Bonchev–Trinajstić information content (AvgIpc) is 2.20. The average molecular weight is 224 g/mol. The number of hydrogen-bond acceptors (Lipinski definition) is 0. The van der Waals surface area contributed by atoms with Crippen LogP contribution in [0.25, 0.3) is 11.1 Å². The lowest BCUT2D eigenvalue weighted by Gasteiger charge is -2.03. The maximum Gasteiger partial charge on any atom is 0.134 e. The molecular formula is C12H6ClF2. The van der Waals surface area contributed by atoms with E-state index in [1.54, 1.807) is 24.3 Å². The van der Waals surface area contributed by atoms with Crippen molar-refractivity contribution in [3.63, 3.8) is 0 Å². The van der Waals surface area contributed by atoms with Crippen molar-refractivity contribution < 1.29 is 8.78 Å². The summed E-state index contributed by atoms with van der Waals surface area (Å²) in [6, 6.07) is 11.1. The fourth-order valence-electron chi connectivity index (χ4n) is 1.29. The van der Waals surface area contributed by atoms with E-state index in [0.717, 1.165) is 6.07 Å². The maximum atomic E-state index is 13.3. The van der Waals surface area contributed by atoms with Crippen LogP contribution in [0.2, 0.25) is 5.02 Å². The Balaban J connectivity index is 2.49. The Hall–Kier alpha value is -1.41. The predicted molar refractivity (Wildman–Crippen MR) is 55.6 cm³/mol. The molecule has 0 unspecified atom stereocenters. The third-order valence-corrected chi connectivity index (χ3v) is 2.27. The largest absolute Gasteiger partial charge is 0.206 e. The first kappa shape index (κ1) is 10.1. The van der Waals surface area contributed by atoms with Gasteiger partial charge in [0.1, 0.15) is 11.6 Å². The summed E-state index contributed by atoms with van der Waals surface area (Å²) < 4.78 is 26.0. The molecule has 0 atom stereocenters. The second kappa shape index (κ2) is 3.99. The van der Waals surface area contributed by atoms with Crippen molar-refractivity contribution in [2.24, 2.45) is 0 Å². The standard InChI is InChI=1S/C12H6ClF2/c13-9-3-1-8(2-4-9)11-6-5-10(14)7-12(11)15/h1-4,6-7H. The van der Waals surface area contributed by atoms with Crippen molar-refractivity contribution in [2.45, 2.75) is 0 Å². The van der Waals surface area contributed by atoms with Crippen molar-refractivity contribution in [1.29, 1.82) is 0 Å². The lowest BCUT2D eigenvalue weighted by molar-refractivity contribution is 0.584. The quantitative estimate of drug-likeness (QED) is 0.683. The first-order valence-corrected chi connectivity index (χ1v) is 4.67. The smallest absolute Gasteiger partial charge is 0.134 e. The van der Waals surface area contributed by atoms with Gasteiger partial charge in [0.15, 0.2) is 0 Å². The molecule has 0 aliphatic carbocycles. The van der Waals surface area contributed by atoms with Gasteiger partial charge in [0.05, 0.1) is 0 Å². The normalized spacial score (nSPS) is 10.3. The van der Waals surface area contributed by atoms with Crippen LogP contribution in [0.4, 0.5) is 8.78 Å². The monoisotopic (exact) mass is 223 g/mol. The molecule has 2 aromatic carbocycles. The summed E-state index contributed by atoms with van der Waals surface area (Å²) in [5, 5.41) is 0.574. The molecule has 0 nitrogen and oxygen atoms in total. The molecular weight excluding hydrogens is 218 g/mol. The van der Waals surface area contributed by atoms with Crippen molar-refractivity contribution in [3.05, 3.63) is 59.1 Å². The molecule has 0 spiro atoms. The summed E-state index contributed by atoms with van der Waals surface area (Å²) in [6.45, 7) is 0. The lowest BCUT2D eigenvalue weighted by Crippen LogP contribution is -1.86. The van der Waals surface area contributed by atoms with Crippen LogP contribution in [0.3, 0.4) is 0 Å². The molecule has 0 fully saturated rings. The molecule has 15 heavy (non-hydrogen) atoms. The van der Waals surface area contributed by atoms with Gasteiger partial charge < -0.3 is 0 Å². The highest BCUT2D eigenvalue weighted by Crippen LogP contribution is 2.24. The number of halogens is 3. The van der Waals surface area contributed by atoms with E-state index in [0.29, 0.717) is 16.1 Å². The first-order valence-electron chi connectivity index (χ1n) is 4.29. The van der Waals surface area contributed by atoms with Crippen molar-refractivity contribution >= 4 is 11.6 Å². The Labute approximate surface area is 91.1 Å². The second-order valence-corrected chi connectivity index (χ2v) is 3.49. The van der Waals surface area contributed by atoms with Gasteiger partial charge in [-0.1, -0.05) is 23.7 Å².